The predicted molar refractivity (Wildman–Crippen MR) is 85.9 cm³/mol. The fraction of sp³-hybridized carbons (Fsp3) is 0.647. The number of aryl methyl sites for hydroxylation is 1. The summed E-state index contributed by atoms with van der Waals surface area (Å²) in [4.78, 5) is 15.6. The van der Waals surface area contributed by atoms with E-state index in [4.69, 9.17) is 4.98 Å². The van der Waals surface area contributed by atoms with E-state index in [0.29, 0.717) is 5.92 Å². The quantitative estimate of drug-likeness (QED) is 0.909. The molecule has 1 N–H and O–H groups in total. The maximum absolute atomic E-state index is 4.96. The third-order valence-electron chi connectivity index (χ3n) is 5.02. The van der Waals surface area contributed by atoms with Crippen molar-refractivity contribution in [3.8, 4) is 0 Å². The second-order valence-electron chi connectivity index (χ2n) is 6.63. The number of aromatic amines is 1. The number of aromatic nitrogens is 3. The number of fused-ring (bicyclic) bond motifs is 1. The summed E-state index contributed by atoms with van der Waals surface area (Å²) in [5, 5.41) is 0. The van der Waals surface area contributed by atoms with Crippen molar-refractivity contribution in [1.29, 1.82) is 0 Å². The molecule has 1 aliphatic carbocycles. The Bertz CT molecular complexity index is 634. The van der Waals surface area contributed by atoms with Gasteiger partial charge in [-0.05, 0) is 38.7 Å². The van der Waals surface area contributed by atoms with Gasteiger partial charge in [0.15, 0.2) is 5.65 Å². The van der Waals surface area contributed by atoms with Gasteiger partial charge in [0.2, 0.25) is 0 Å². The van der Waals surface area contributed by atoms with Gasteiger partial charge in [0.05, 0.1) is 5.69 Å². The van der Waals surface area contributed by atoms with Crippen molar-refractivity contribution in [2.24, 2.45) is 0 Å². The summed E-state index contributed by atoms with van der Waals surface area (Å²) < 4.78 is 0. The van der Waals surface area contributed by atoms with Gasteiger partial charge in [0.25, 0.3) is 0 Å². The molecule has 1 saturated carbocycles. The minimum Gasteiger partial charge on any atom is -0.370 e. The standard InChI is InChI=1S/C17H24N4/c1-12-11-14(21-9-5-6-10-21)15-17(18-12)20-16(19-15)13-7-3-2-4-8-13/h11,13H,2-10H2,1H3,(H,18,19,20). The van der Waals surface area contributed by atoms with Crippen molar-refractivity contribution in [1.82, 2.24) is 15.0 Å². The van der Waals surface area contributed by atoms with Crippen LogP contribution in [0.1, 0.15) is 62.4 Å². The molecule has 0 bridgehead atoms. The molecule has 112 valence electrons. The van der Waals surface area contributed by atoms with E-state index in [9.17, 15) is 0 Å². The number of pyridine rings is 1. The smallest absolute Gasteiger partial charge is 0.159 e. The third-order valence-corrected chi connectivity index (χ3v) is 5.02. The van der Waals surface area contributed by atoms with E-state index in [2.05, 4.69) is 27.9 Å². The summed E-state index contributed by atoms with van der Waals surface area (Å²) in [6, 6.07) is 2.21. The first-order valence-corrected chi connectivity index (χ1v) is 8.43. The fourth-order valence-corrected chi connectivity index (χ4v) is 3.88. The molecule has 2 aromatic heterocycles. The van der Waals surface area contributed by atoms with Gasteiger partial charge in [0.1, 0.15) is 11.3 Å². The number of imidazole rings is 1. The zero-order valence-corrected chi connectivity index (χ0v) is 12.9. The molecule has 4 rings (SSSR count). The number of rotatable bonds is 2. The van der Waals surface area contributed by atoms with E-state index in [1.54, 1.807) is 0 Å². The highest BCUT2D eigenvalue weighted by Crippen LogP contribution is 2.34. The highest BCUT2D eigenvalue weighted by molar-refractivity contribution is 5.86. The highest BCUT2D eigenvalue weighted by atomic mass is 15.2. The molecule has 0 radical (unpaired) electrons. The molecule has 2 fully saturated rings. The lowest BCUT2D eigenvalue weighted by molar-refractivity contribution is 0.431. The molecule has 0 amide bonds. The molecule has 2 aromatic rings. The number of hydrogen-bond acceptors (Lipinski definition) is 3. The van der Waals surface area contributed by atoms with Crippen molar-refractivity contribution >= 4 is 16.9 Å². The summed E-state index contributed by atoms with van der Waals surface area (Å²) in [5.41, 5.74) is 4.44. The summed E-state index contributed by atoms with van der Waals surface area (Å²) in [6.07, 6.45) is 9.20. The average Bonchev–Trinajstić information content (AvgIpc) is 3.16. The number of H-pyrrole nitrogens is 1. The summed E-state index contributed by atoms with van der Waals surface area (Å²) in [7, 11) is 0. The Morgan fingerprint density at radius 2 is 1.81 bits per heavy atom. The number of hydrogen-bond donors (Lipinski definition) is 1. The van der Waals surface area contributed by atoms with Crippen LogP contribution < -0.4 is 4.90 Å². The Balaban J connectivity index is 1.76. The maximum atomic E-state index is 4.96. The first kappa shape index (κ1) is 13.1. The van der Waals surface area contributed by atoms with Crippen molar-refractivity contribution in [3.63, 3.8) is 0 Å². The minimum absolute atomic E-state index is 0.611. The molecule has 0 atom stereocenters. The molecule has 1 aliphatic heterocycles. The van der Waals surface area contributed by atoms with Crippen LogP contribution in [0.5, 0.6) is 0 Å². The molecular weight excluding hydrogens is 260 g/mol. The topological polar surface area (TPSA) is 44.8 Å². The van der Waals surface area contributed by atoms with Crippen LogP contribution in [0, 0.1) is 6.92 Å². The van der Waals surface area contributed by atoms with Crippen LogP contribution in [0.3, 0.4) is 0 Å². The summed E-state index contributed by atoms with van der Waals surface area (Å²) in [5.74, 6) is 1.78. The van der Waals surface area contributed by atoms with Crippen LogP contribution in [-0.2, 0) is 0 Å². The van der Waals surface area contributed by atoms with E-state index < -0.39 is 0 Å². The zero-order valence-electron chi connectivity index (χ0n) is 12.9. The SMILES string of the molecule is Cc1cc(N2CCCC2)c2nc(C3CCCCC3)[nH]c2n1. The van der Waals surface area contributed by atoms with Gasteiger partial charge in [0, 0.05) is 24.7 Å². The molecule has 2 aliphatic rings. The van der Waals surface area contributed by atoms with Crippen molar-refractivity contribution in [2.75, 3.05) is 18.0 Å². The third kappa shape index (κ3) is 2.41. The molecule has 3 heterocycles. The van der Waals surface area contributed by atoms with Crippen molar-refractivity contribution < 1.29 is 0 Å². The van der Waals surface area contributed by atoms with Gasteiger partial charge in [-0.2, -0.15) is 0 Å². The first-order chi connectivity index (χ1) is 10.3. The molecule has 4 heteroatoms. The van der Waals surface area contributed by atoms with Gasteiger partial charge in [-0.15, -0.1) is 0 Å². The van der Waals surface area contributed by atoms with E-state index in [0.717, 1.165) is 29.9 Å². The number of nitrogens with zero attached hydrogens (tertiary/aromatic N) is 3. The monoisotopic (exact) mass is 284 g/mol. The molecular formula is C17H24N4. The average molecular weight is 284 g/mol. The second kappa shape index (κ2) is 5.32. The van der Waals surface area contributed by atoms with E-state index in [1.165, 1.54) is 56.5 Å². The second-order valence-corrected chi connectivity index (χ2v) is 6.63. The Kier molecular flexibility index (Phi) is 3.32. The summed E-state index contributed by atoms with van der Waals surface area (Å²) in [6.45, 7) is 4.40. The Morgan fingerprint density at radius 1 is 1.05 bits per heavy atom. The maximum Gasteiger partial charge on any atom is 0.159 e. The lowest BCUT2D eigenvalue weighted by atomic mass is 9.89. The van der Waals surface area contributed by atoms with Gasteiger partial charge in [-0.1, -0.05) is 19.3 Å². The molecule has 21 heavy (non-hydrogen) atoms. The predicted octanol–water partition coefficient (Wildman–Crippen LogP) is 3.91. The molecule has 4 nitrogen and oxygen atoms in total. The Morgan fingerprint density at radius 3 is 2.57 bits per heavy atom. The molecule has 1 saturated heterocycles. The first-order valence-electron chi connectivity index (χ1n) is 8.43. The molecule has 0 spiro atoms. The van der Waals surface area contributed by atoms with Gasteiger partial charge in [-0.3, -0.25) is 0 Å². The lowest BCUT2D eigenvalue weighted by Crippen LogP contribution is -2.18. The summed E-state index contributed by atoms with van der Waals surface area (Å²) >= 11 is 0. The van der Waals surface area contributed by atoms with Gasteiger partial charge >= 0.3 is 0 Å². The van der Waals surface area contributed by atoms with Crippen LogP contribution >= 0.6 is 0 Å². The van der Waals surface area contributed by atoms with Gasteiger partial charge in [-0.25, -0.2) is 9.97 Å². The normalized spacial score (nSPS) is 20.5. The molecule has 0 unspecified atom stereocenters. The Hall–Kier alpha value is -1.58. The Labute approximate surface area is 126 Å². The largest absolute Gasteiger partial charge is 0.370 e. The van der Waals surface area contributed by atoms with E-state index in [-0.39, 0.29) is 0 Å². The van der Waals surface area contributed by atoms with Crippen LogP contribution in [0.25, 0.3) is 11.2 Å². The fourth-order valence-electron chi connectivity index (χ4n) is 3.88. The van der Waals surface area contributed by atoms with Crippen molar-refractivity contribution in [3.05, 3.63) is 17.6 Å². The van der Waals surface area contributed by atoms with E-state index in [1.807, 2.05) is 0 Å². The van der Waals surface area contributed by atoms with Crippen LogP contribution in [0.15, 0.2) is 6.07 Å². The number of nitrogens with one attached hydrogen (secondary N) is 1. The van der Waals surface area contributed by atoms with Crippen molar-refractivity contribution in [2.45, 2.75) is 57.8 Å². The van der Waals surface area contributed by atoms with Crippen LogP contribution in [0.4, 0.5) is 5.69 Å². The van der Waals surface area contributed by atoms with Crippen LogP contribution in [-0.4, -0.2) is 28.0 Å². The highest BCUT2D eigenvalue weighted by Gasteiger charge is 2.22. The van der Waals surface area contributed by atoms with Crippen LogP contribution in [0.2, 0.25) is 0 Å². The number of anilines is 1. The van der Waals surface area contributed by atoms with E-state index >= 15 is 0 Å². The molecule has 0 aromatic carbocycles. The lowest BCUT2D eigenvalue weighted by Gasteiger charge is -2.19. The van der Waals surface area contributed by atoms with Gasteiger partial charge < -0.3 is 9.88 Å². The zero-order chi connectivity index (χ0) is 14.2. The minimum atomic E-state index is 0.611.